The van der Waals surface area contributed by atoms with Crippen LogP contribution in [0.1, 0.15) is 232 Å². The number of phosphoric acid groups is 1. The van der Waals surface area contributed by atoms with Crippen LogP contribution in [0, 0.1) is 0 Å². The van der Waals surface area contributed by atoms with Crippen molar-refractivity contribution in [3.63, 3.8) is 0 Å². The third-order valence-corrected chi connectivity index (χ3v) is 11.5. The van der Waals surface area contributed by atoms with Crippen molar-refractivity contribution in [3.8, 4) is 0 Å². The molecule has 0 saturated carbocycles. The van der Waals surface area contributed by atoms with E-state index in [1.54, 1.807) is 0 Å². The molecule has 0 aliphatic rings. The molecule has 10 heteroatoms. The number of allylic oxidation sites excluding steroid dienone is 6. The number of ether oxygens (including phenoxy) is 2. The Balaban J connectivity index is 4.07. The lowest BCUT2D eigenvalue weighted by molar-refractivity contribution is -0.161. The summed E-state index contributed by atoms with van der Waals surface area (Å²) in [5.74, 6) is -0.832. The van der Waals surface area contributed by atoms with E-state index in [4.69, 9.17) is 24.3 Å². The second-order valence-electron chi connectivity index (χ2n) is 16.3. The van der Waals surface area contributed by atoms with Gasteiger partial charge in [-0.1, -0.05) is 185 Å². The Labute approximate surface area is 363 Å². The number of rotatable bonds is 46. The predicted octanol–water partition coefficient (Wildman–Crippen LogP) is 14.5. The molecule has 0 bridgehead atoms. The number of carbonyl (C=O) groups is 2. The van der Waals surface area contributed by atoms with Gasteiger partial charge in [0.2, 0.25) is 0 Å². The lowest BCUT2D eigenvalue weighted by Gasteiger charge is -2.19. The van der Waals surface area contributed by atoms with Crippen LogP contribution in [0.25, 0.3) is 0 Å². The first-order valence-electron chi connectivity index (χ1n) is 24.5. The lowest BCUT2D eigenvalue weighted by Crippen LogP contribution is -2.29. The zero-order valence-electron chi connectivity index (χ0n) is 38.2. The maximum atomic E-state index is 12.6. The van der Waals surface area contributed by atoms with Gasteiger partial charge in [0.15, 0.2) is 6.10 Å². The fraction of sp³-hybridized carbons (Fsp3) is 0.837. The molecule has 0 amide bonds. The van der Waals surface area contributed by atoms with E-state index in [-0.39, 0.29) is 38.6 Å². The molecule has 0 aromatic heterocycles. The SMILES string of the molecule is CCCCCC=CCC=CCCCCCCCCCC(=O)OC[C@H](COP(=O)(O)OCCN)OC(=O)CCCCCCCCCCCCCC=CCCCCCCCC. The largest absolute Gasteiger partial charge is 0.472 e. The van der Waals surface area contributed by atoms with Crippen LogP contribution in [0.3, 0.4) is 0 Å². The molecule has 0 aromatic rings. The molecule has 0 aliphatic carbocycles. The molecule has 0 aromatic carbocycles. The molecule has 0 fully saturated rings. The van der Waals surface area contributed by atoms with Crippen LogP contribution in [0.15, 0.2) is 36.5 Å². The number of hydrogen-bond donors (Lipinski definition) is 2. The highest BCUT2D eigenvalue weighted by molar-refractivity contribution is 7.47. The molecular formula is C49H92NO8P. The van der Waals surface area contributed by atoms with Gasteiger partial charge in [0.1, 0.15) is 6.61 Å². The first kappa shape index (κ1) is 57.2. The Hall–Kier alpha value is -1.77. The highest BCUT2D eigenvalue weighted by Crippen LogP contribution is 2.43. The lowest BCUT2D eigenvalue weighted by atomic mass is 10.0. The second-order valence-corrected chi connectivity index (χ2v) is 17.8. The van der Waals surface area contributed by atoms with Crippen LogP contribution in [-0.4, -0.2) is 49.3 Å². The Bertz CT molecular complexity index is 1060. The number of unbranched alkanes of at least 4 members (excludes halogenated alkanes) is 27. The normalized spacial score (nSPS) is 13.5. The zero-order chi connectivity index (χ0) is 43.2. The van der Waals surface area contributed by atoms with E-state index in [0.717, 1.165) is 57.8 Å². The summed E-state index contributed by atoms with van der Waals surface area (Å²) in [6, 6.07) is 0. The summed E-state index contributed by atoms with van der Waals surface area (Å²) in [6.07, 6.45) is 51.7. The second kappa shape index (κ2) is 45.7. The maximum absolute atomic E-state index is 12.6. The van der Waals surface area contributed by atoms with Crippen molar-refractivity contribution in [2.24, 2.45) is 5.73 Å². The van der Waals surface area contributed by atoms with Crippen molar-refractivity contribution in [2.75, 3.05) is 26.4 Å². The number of phosphoric ester groups is 1. The molecule has 59 heavy (non-hydrogen) atoms. The van der Waals surface area contributed by atoms with E-state index < -0.39 is 26.5 Å². The van der Waals surface area contributed by atoms with Crippen molar-refractivity contribution < 1.29 is 37.6 Å². The summed E-state index contributed by atoms with van der Waals surface area (Å²) in [4.78, 5) is 35.0. The topological polar surface area (TPSA) is 134 Å². The number of hydrogen-bond acceptors (Lipinski definition) is 8. The fourth-order valence-electron chi connectivity index (χ4n) is 6.84. The molecule has 2 atom stereocenters. The summed E-state index contributed by atoms with van der Waals surface area (Å²) < 4.78 is 32.9. The van der Waals surface area contributed by atoms with Crippen molar-refractivity contribution in [3.05, 3.63) is 36.5 Å². The summed E-state index contributed by atoms with van der Waals surface area (Å²) >= 11 is 0. The summed E-state index contributed by atoms with van der Waals surface area (Å²) in [5.41, 5.74) is 5.36. The van der Waals surface area contributed by atoms with Gasteiger partial charge >= 0.3 is 19.8 Å². The minimum absolute atomic E-state index is 0.0524. The molecule has 0 rings (SSSR count). The number of carbonyl (C=O) groups excluding carboxylic acids is 2. The summed E-state index contributed by atoms with van der Waals surface area (Å²) in [7, 11) is -4.38. The van der Waals surface area contributed by atoms with Gasteiger partial charge in [-0.2, -0.15) is 0 Å². The van der Waals surface area contributed by atoms with E-state index in [2.05, 4.69) is 50.3 Å². The highest BCUT2D eigenvalue weighted by atomic mass is 31.2. The first-order valence-corrected chi connectivity index (χ1v) is 26.0. The van der Waals surface area contributed by atoms with Gasteiger partial charge in [0.05, 0.1) is 13.2 Å². The summed E-state index contributed by atoms with van der Waals surface area (Å²) in [6.45, 7) is 3.72. The van der Waals surface area contributed by atoms with Crippen LogP contribution in [0.5, 0.6) is 0 Å². The van der Waals surface area contributed by atoms with E-state index >= 15 is 0 Å². The standard InChI is InChI=1S/C49H92NO8P/c1-3-5-7-9-11-13-15-17-19-21-22-23-24-26-28-30-32-34-36-38-40-42-49(52)58-47(46-57-59(53,54)56-44-43-50)45-55-48(51)41-39-37-35-33-31-29-27-25-20-18-16-14-12-10-8-6-4-2/h12,14,17-20,47H,3-11,13,15-16,21-46,50H2,1-2H3,(H,53,54)/t47-/m1/s1. The van der Waals surface area contributed by atoms with E-state index in [1.807, 2.05) is 0 Å². The van der Waals surface area contributed by atoms with Gasteiger partial charge < -0.3 is 20.1 Å². The molecule has 9 nitrogen and oxygen atoms in total. The van der Waals surface area contributed by atoms with E-state index in [1.165, 1.54) is 141 Å². The Kier molecular flexibility index (Phi) is 44.4. The molecule has 0 radical (unpaired) electrons. The zero-order valence-corrected chi connectivity index (χ0v) is 39.1. The molecular weight excluding hydrogens is 762 g/mol. The van der Waals surface area contributed by atoms with Gasteiger partial charge in [0, 0.05) is 19.4 Å². The van der Waals surface area contributed by atoms with Crippen molar-refractivity contribution in [1.82, 2.24) is 0 Å². The summed E-state index contributed by atoms with van der Waals surface area (Å²) in [5, 5.41) is 0. The van der Waals surface area contributed by atoms with Crippen LogP contribution in [-0.2, 0) is 32.7 Å². The van der Waals surface area contributed by atoms with Crippen molar-refractivity contribution in [1.29, 1.82) is 0 Å². The Morgan fingerprint density at radius 2 is 0.881 bits per heavy atom. The van der Waals surface area contributed by atoms with Crippen molar-refractivity contribution in [2.45, 2.75) is 238 Å². The molecule has 3 N–H and O–H groups in total. The van der Waals surface area contributed by atoms with Gasteiger partial charge in [-0.05, 0) is 70.6 Å². The predicted molar refractivity (Wildman–Crippen MR) is 247 cm³/mol. The van der Waals surface area contributed by atoms with Gasteiger partial charge in [0.25, 0.3) is 0 Å². The van der Waals surface area contributed by atoms with Crippen LogP contribution >= 0.6 is 7.82 Å². The Morgan fingerprint density at radius 3 is 1.34 bits per heavy atom. The van der Waals surface area contributed by atoms with Gasteiger partial charge in [-0.25, -0.2) is 4.57 Å². The third kappa shape index (κ3) is 45.6. The molecule has 1 unspecified atom stereocenters. The molecule has 346 valence electrons. The van der Waals surface area contributed by atoms with Gasteiger partial charge in [-0.15, -0.1) is 0 Å². The molecule has 0 heterocycles. The molecule has 0 spiro atoms. The number of nitrogens with two attached hydrogens (primary N) is 1. The average Bonchev–Trinajstić information content (AvgIpc) is 3.22. The monoisotopic (exact) mass is 854 g/mol. The smallest absolute Gasteiger partial charge is 0.462 e. The minimum atomic E-state index is -4.38. The minimum Gasteiger partial charge on any atom is -0.462 e. The van der Waals surface area contributed by atoms with Gasteiger partial charge in [-0.3, -0.25) is 18.6 Å². The van der Waals surface area contributed by atoms with E-state index in [0.29, 0.717) is 6.42 Å². The maximum Gasteiger partial charge on any atom is 0.472 e. The van der Waals surface area contributed by atoms with Crippen LogP contribution in [0.4, 0.5) is 0 Å². The fourth-order valence-corrected chi connectivity index (χ4v) is 7.60. The highest BCUT2D eigenvalue weighted by Gasteiger charge is 2.26. The van der Waals surface area contributed by atoms with E-state index in [9.17, 15) is 19.0 Å². The average molecular weight is 854 g/mol. The van der Waals surface area contributed by atoms with Crippen LogP contribution in [0.2, 0.25) is 0 Å². The number of esters is 2. The third-order valence-electron chi connectivity index (χ3n) is 10.5. The molecule has 0 saturated heterocycles. The van der Waals surface area contributed by atoms with Crippen LogP contribution < -0.4 is 5.73 Å². The molecule has 0 aliphatic heterocycles. The first-order chi connectivity index (χ1) is 28.8. The van der Waals surface area contributed by atoms with Crippen molar-refractivity contribution >= 4 is 19.8 Å². The quantitative estimate of drug-likeness (QED) is 0.0265. The Morgan fingerprint density at radius 1 is 0.508 bits per heavy atom.